The van der Waals surface area contributed by atoms with E-state index in [9.17, 15) is 14.7 Å². The average Bonchev–Trinajstić information content (AvgIpc) is 3.54. The Hall–Kier alpha value is -2.92. The number of amidine groups is 1. The highest BCUT2D eigenvalue weighted by atomic mass is 32.2. The number of aliphatic carboxylic acids is 1. The van der Waals surface area contributed by atoms with Crippen molar-refractivity contribution in [2.45, 2.75) is 49.4 Å². The summed E-state index contributed by atoms with van der Waals surface area (Å²) < 4.78 is 7.09. The second-order valence-electron chi connectivity index (χ2n) is 9.75. The maximum atomic E-state index is 13.1. The van der Waals surface area contributed by atoms with Gasteiger partial charge in [-0.3, -0.25) is 20.2 Å². The smallest absolute Gasteiger partial charge is 0.348 e. The molecule has 0 saturated carbocycles. The number of nitrogens with zero attached hydrogens (tertiary/aromatic N) is 6. The van der Waals surface area contributed by atoms with E-state index in [0.717, 1.165) is 30.7 Å². The highest BCUT2D eigenvalue weighted by Gasteiger charge is 2.53. The number of aryl methyl sites for hydroxylation is 1. The quantitative estimate of drug-likeness (QED) is 0.0684. The molecule has 14 nitrogen and oxygen atoms in total. The molecule has 6 N–H and O–H groups in total. The molecule has 40 heavy (non-hydrogen) atoms. The minimum absolute atomic E-state index is 0.0177. The van der Waals surface area contributed by atoms with Gasteiger partial charge in [0.25, 0.3) is 5.91 Å². The number of aliphatic imine (C=N–C) groups is 1. The van der Waals surface area contributed by atoms with Gasteiger partial charge >= 0.3 is 11.6 Å². The number of carbonyl (C=O) groups excluding carboxylic acids is 1. The van der Waals surface area contributed by atoms with Crippen molar-refractivity contribution in [2.75, 3.05) is 32.5 Å². The van der Waals surface area contributed by atoms with Gasteiger partial charge in [0.1, 0.15) is 18.2 Å². The number of imidazole rings is 1. The zero-order valence-corrected chi connectivity index (χ0v) is 24.0. The summed E-state index contributed by atoms with van der Waals surface area (Å²) >= 11 is 2.83. The topological polar surface area (TPSA) is 175 Å². The summed E-state index contributed by atoms with van der Waals surface area (Å²) in [6, 6.07) is 3.12. The molecule has 0 radical (unpaired) electrons. The Kier molecular flexibility index (Phi) is 9.10. The fourth-order valence-electron chi connectivity index (χ4n) is 5.24. The number of pyridine rings is 1. The molecule has 216 valence electrons. The third kappa shape index (κ3) is 5.90. The molecule has 0 bridgehead atoms. The van der Waals surface area contributed by atoms with Crippen molar-refractivity contribution < 1.29 is 24.1 Å². The van der Waals surface area contributed by atoms with Crippen LogP contribution in [0.1, 0.15) is 13.3 Å². The van der Waals surface area contributed by atoms with E-state index >= 15 is 0 Å². The fraction of sp³-hybridized carbons (Fsp3) is 0.583. The molecule has 5 atom stereocenters. The fourth-order valence-corrected chi connectivity index (χ4v) is 7.31. The van der Waals surface area contributed by atoms with Crippen LogP contribution in [0.2, 0.25) is 0 Å². The SMILES string of the molecule is CCO/N=C(\C(=O)N[C@@H]1CN2C(C(=O)O)C(C[n+]3cccc4c3ncn4CCCNC)CS[C@H]12)C1=NC(N)SN1. The van der Waals surface area contributed by atoms with E-state index in [-0.39, 0.29) is 28.9 Å². The summed E-state index contributed by atoms with van der Waals surface area (Å²) in [7, 11) is 1.94. The van der Waals surface area contributed by atoms with Gasteiger partial charge in [-0.1, -0.05) is 5.16 Å². The van der Waals surface area contributed by atoms with Gasteiger partial charge in [-0.25, -0.2) is 9.56 Å². The van der Waals surface area contributed by atoms with Gasteiger partial charge in [0.2, 0.25) is 12.0 Å². The predicted octanol–water partition coefficient (Wildman–Crippen LogP) is -0.839. The van der Waals surface area contributed by atoms with Gasteiger partial charge in [0.15, 0.2) is 11.3 Å². The highest BCUT2D eigenvalue weighted by molar-refractivity contribution is 8.00. The molecule has 1 amide bonds. The van der Waals surface area contributed by atoms with Gasteiger partial charge in [-0.15, -0.1) is 11.8 Å². The van der Waals surface area contributed by atoms with Crippen LogP contribution >= 0.6 is 23.7 Å². The number of aromatic nitrogens is 3. The Morgan fingerprint density at radius 3 is 3.00 bits per heavy atom. The first-order valence-corrected chi connectivity index (χ1v) is 15.2. The van der Waals surface area contributed by atoms with Crippen LogP contribution in [-0.2, 0) is 27.5 Å². The standard InChI is InChI=1S/C24H34N10O4S2/c1-3-38-30-17(19-29-24(25)40-31-19)21(35)28-15-11-34-18(23(36)37)14(12-39-22(15)34)10-32-8-4-6-16-20(32)27-13-33(16)9-5-7-26-2/h4,6,8,13-15,18,22,24,26H,3,5,7,9-12,25H2,1-2H3,(H2-,28,29,31,35,36,37)/p+1/b30-17-/t14?,15-,18?,22-,24?/m1/s1. The molecule has 2 saturated heterocycles. The number of nitrogens with one attached hydrogen (secondary N) is 3. The second-order valence-corrected chi connectivity index (χ2v) is 11.8. The van der Waals surface area contributed by atoms with Crippen LogP contribution in [0.3, 0.4) is 0 Å². The summed E-state index contributed by atoms with van der Waals surface area (Å²) in [5.41, 5.74) is 7.16. The summed E-state index contributed by atoms with van der Waals surface area (Å²) in [4.78, 5) is 41.5. The van der Waals surface area contributed by atoms with Crippen molar-refractivity contribution in [3.8, 4) is 0 Å². The zero-order chi connectivity index (χ0) is 28.2. The van der Waals surface area contributed by atoms with Crippen molar-refractivity contribution in [3.05, 3.63) is 24.7 Å². The predicted molar refractivity (Wildman–Crippen MR) is 153 cm³/mol. The Morgan fingerprint density at radius 2 is 2.27 bits per heavy atom. The second kappa shape index (κ2) is 12.7. The number of hydrogen-bond acceptors (Lipinski definition) is 12. The minimum atomic E-state index is -0.862. The third-order valence-corrected chi connectivity index (χ3v) is 9.32. The molecule has 3 aliphatic rings. The van der Waals surface area contributed by atoms with Crippen LogP contribution in [-0.4, -0.2) is 98.4 Å². The van der Waals surface area contributed by atoms with Crippen molar-refractivity contribution in [1.29, 1.82) is 0 Å². The number of hydrogen-bond donors (Lipinski definition) is 5. The summed E-state index contributed by atoms with van der Waals surface area (Å²) in [6.45, 7) is 4.79. The maximum Gasteiger partial charge on any atom is 0.348 e. The molecular formula is C24H35N10O4S2+. The number of nitrogens with two attached hydrogens (primary N) is 1. The lowest BCUT2D eigenvalue weighted by molar-refractivity contribution is -0.679. The molecule has 2 aromatic rings. The molecule has 16 heteroatoms. The van der Waals surface area contributed by atoms with E-state index in [0.29, 0.717) is 25.4 Å². The first-order chi connectivity index (χ1) is 19.4. The molecule has 5 heterocycles. The van der Waals surface area contributed by atoms with Crippen LogP contribution in [0.15, 0.2) is 34.8 Å². The lowest BCUT2D eigenvalue weighted by atomic mass is 9.93. The van der Waals surface area contributed by atoms with E-state index in [1.165, 1.54) is 11.9 Å². The number of fused-ring (bicyclic) bond motifs is 2. The van der Waals surface area contributed by atoms with Crippen LogP contribution in [0.5, 0.6) is 0 Å². The third-order valence-electron chi connectivity index (χ3n) is 7.10. The van der Waals surface area contributed by atoms with Crippen molar-refractivity contribution in [1.82, 2.24) is 29.8 Å². The number of carboxylic acid groups (broad SMARTS) is 1. The molecule has 3 unspecified atom stereocenters. The van der Waals surface area contributed by atoms with E-state index < -0.39 is 23.4 Å². The first kappa shape index (κ1) is 28.6. The molecule has 3 aliphatic heterocycles. The largest absolute Gasteiger partial charge is 0.480 e. The van der Waals surface area contributed by atoms with E-state index in [1.54, 1.807) is 18.7 Å². The van der Waals surface area contributed by atoms with Gasteiger partial charge in [0, 0.05) is 24.8 Å². The number of carboxylic acids is 1. The van der Waals surface area contributed by atoms with Gasteiger partial charge < -0.3 is 29.9 Å². The highest BCUT2D eigenvalue weighted by Crippen LogP contribution is 2.40. The van der Waals surface area contributed by atoms with Gasteiger partial charge in [-0.2, -0.15) is 0 Å². The number of rotatable bonds is 12. The Balaban J connectivity index is 1.26. The lowest BCUT2D eigenvalue weighted by Crippen LogP contribution is -2.73. The summed E-state index contributed by atoms with van der Waals surface area (Å²) in [5, 5.41) is 20.2. The Labute approximate surface area is 240 Å². The lowest BCUT2D eigenvalue weighted by Gasteiger charge is -2.54. The molecule has 0 aromatic carbocycles. The first-order valence-electron chi connectivity index (χ1n) is 13.3. The number of carbonyl (C=O) groups is 2. The van der Waals surface area contributed by atoms with Gasteiger partial charge in [-0.05, 0) is 56.0 Å². The molecular weight excluding hydrogens is 556 g/mol. The van der Waals surface area contributed by atoms with Crippen LogP contribution in [0.4, 0.5) is 0 Å². The number of oxime groups is 1. The van der Waals surface area contributed by atoms with Crippen molar-refractivity contribution in [2.24, 2.45) is 21.8 Å². The molecule has 0 aliphatic carbocycles. The maximum absolute atomic E-state index is 13.1. The summed E-state index contributed by atoms with van der Waals surface area (Å²) in [6.07, 6.45) is 4.80. The molecule has 2 fully saturated rings. The van der Waals surface area contributed by atoms with E-state index in [4.69, 9.17) is 10.6 Å². The van der Waals surface area contributed by atoms with Crippen LogP contribution in [0.25, 0.3) is 11.2 Å². The normalized spacial score (nSPS) is 26.5. The van der Waals surface area contributed by atoms with E-state index in [1.807, 2.05) is 36.6 Å². The number of amides is 1. The monoisotopic (exact) mass is 591 g/mol. The van der Waals surface area contributed by atoms with Crippen molar-refractivity contribution in [3.63, 3.8) is 0 Å². The molecule has 2 aromatic heterocycles. The van der Waals surface area contributed by atoms with Crippen LogP contribution < -0.4 is 25.7 Å². The zero-order valence-electron chi connectivity index (χ0n) is 22.4. The molecule has 0 spiro atoms. The summed E-state index contributed by atoms with van der Waals surface area (Å²) in [5.74, 6) is -0.543. The molecule has 5 rings (SSSR count). The Morgan fingerprint density at radius 1 is 1.43 bits per heavy atom. The van der Waals surface area contributed by atoms with Crippen molar-refractivity contribution >= 4 is 58.3 Å². The average molecular weight is 592 g/mol. The van der Waals surface area contributed by atoms with Crippen LogP contribution in [0, 0.1) is 5.92 Å². The minimum Gasteiger partial charge on any atom is -0.480 e. The number of thioether (sulfide) groups is 1. The Bertz CT molecular complexity index is 1300. The van der Waals surface area contributed by atoms with E-state index in [2.05, 4.69) is 39.6 Å². The van der Waals surface area contributed by atoms with Gasteiger partial charge in [0.05, 0.1) is 24.2 Å².